The SMILES string of the molecule is CCn1cc(C(=O)N[C@@H](C)c2ccccc2)c(=O)c2ccccc21. The maximum atomic E-state index is 12.7. The first-order valence-electron chi connectivity index (χ1n) is 8.09. The fourth-order valence-corrected chi connectivity index (χ4v) is 2.87. The van der Waals surface area contributed by atoms with Gasteiger partial charge in [0.1, 0.15) is 5.56 Å². The molecule has 3 rings (SSSR count). The lowest BCUT2D eigenvalue weighted by molar-refractivity contribution is 0.0938. The molecule has 1 amide bonds. The molecular weight excluding hydrogens is 300 g/mol. The number of carbonyl (C=O) groups excluding carboxylic acids is 1. The summed E-state index contributed by atoms with van der Waals surface area (Å²) in [5.41, 5.74) is 1.80. The van der Waals surface area contributed by atoms with Gasteiger partial charge in [-0.1, -0.05) is 42.5 Å². The van der Waals surface area contributed by atoms with Gasteiger partial charge in [-0.25, -0.2) is 0 Å². The molecule has 1 heterocycles. The van der Waals surface area contributed by atoms with Crippen LogP contribution in [0.5, 0.6) is 0 Å². The van der Waals surface area contributed by atoms with E-state index in [9.17, 15) is 9.59 Å². The molecule has 24 heavy (non-hydrogen) atoms. The van der Waals surface area contributed by atoms with Gasteiger partial charge in [-0.05, 0) is 31.5 Å². The van der Waals surface area contributed by atoms with E-state index in [0.717, 1.165) is 11.1 Å². The van der Waals surface area contributed by atoms with Crippen molar-refractivity contribution in [3.63, 3.8) is 0 Å². The fraction of sp³-hybridized carbons (Fsp3) is 0.200. The molecule has 0 saturated carbocycles. The van der Waals surface area contributed by atoms with E-state index in [-0.39, 0.29) is 22.9 Å². The Kier molecular flexibility index (Phi) is 4.47. The maximum Gasteiger partial charge on any atom is 0.257 e. The molecule has 0 bridgehead atoms. The van der Waals surface area contributed by atoms with Gasteiger partial charge in [0.25, 0.3) is 5.91 Å². The van der Waals surface area contributed by atoms with Gasteiger partial charge in [-0.3, -0.25) is 9.59 Å². The van der Waals surface area contributed by atoms with Gasteiger partial charge in [0, 0.05) is 18.1 Å². The number of pyridine rings is 1. The van der Waals surface area contributed by atoms with Gasteiger partial charge in [0.05, 0.1) is 11.6 Å². The van der Waals surface area contributed by atoms with Crippen molar-refractivity contribution >= 4 is 16.8 Å². The van der Waals surface area contributed by atoms with Crippen LogP contribution in [-0.2, 0) is 6.54 Å². The molecule has 1 aromatic heterocycles. The van der Waals surface area contributed by atoms with Gasteiger partial charge < -0.3 is 9.88 Å². The Balaban J connectivity index is 1.98. The number of hydrogen-bond acceptors (Lipinski definition) is 2. The molecule has 4 heteroatoms. The van der Waals surface area contributed by atoms with Crippen LogP contribution in [0, 0.1) is 0 Å². The number of carbonyl (C=O) groups is 1. The number of fused-ring (bicyclic) bond motifs is 1. The molecule has 0 aliphatic heterocycles. The average Bonchev–Trinajstić information content (AvgIpc) is 2.63. The van der Waals surface area contributed by atoms with Crippen molar-refractivity contribution in [2.45, 2.75) is 26.4 Å². The number of rotatable bonds is 4. The van der Waals surface area contributed by atoms with Crippen LogP contribution >= 0.6 is 0 Å². The Morgan fingerprint density at radius 3 is 2.46 bits per heavy atom. The first kappa shape index (κ1) is 16.0. The summed E-state index contributed by atoms with van der Waals surface area (Å²) in [4.78, 5) is 25.3. The monoisotopic (exact) mass is 320 g/mol. The first-order chi connectivity index (χ1) is 11.6. The van der Waals surface area contributed by atoms with Crippen LogP contribution in [0.3, 0.4) is 0 Å². The normalized spacial score (nSPS) is 12.1. The van der Waals surface area contributed by atoms with E-state index in [2.05, 4.69) is 5.32 Å². The predicted molar refractivity (Wildman–Crippen MR) is 96.2 cm³/mol. The number of nitrogens with zero attached hydrogens (tertiary/aromatic N) is 1. The minimum Gasteiger partial charge on any atom is -0.347 e. The summed E-state index contributed by atoms with van der Waals surface area (Å²) in [7, 11) is 0. The molecule has 4 nitrogen and oxygen atoms in total. The highest BCUT2D eigenvalue weighted by Crippen LogP contribution is 2.14. The molecule has 1 N–H and O–H groups in total. The van der Waals surface area contributed by atoms with Crippen molar-refractivity contribution in [3.05, 3.63) is 82.1 Å². The second kappa shape index (κ2) is 6.71. The number of nitrogens with one attached hydrogen (secondary N) is 1. The Hall–Kier alpha value is -2.88. The van der Waals surface area contributed by atoms with Gasteiger partial charge in [0.2, 0.25) is 5.43 Å². The lowest BCUT2D eigenvalue weighted by atomic mass is 10.1. The van der Waals surface area contributed by atoms with Crippen LogP contribution in [0.2, 0.25) is 0 Å². The standard InChI is InChI=1S/C20H20N2O2/c1-3-22-13-17(19(23)16-11-7-8-12-18(16)22)20(24)21-14(2)15-9-5-4-6-10-15/h4-14H,3H2,1-2H3,(H,21,24)/t14-/m0/s1. The predicted octanol–water partition coefficient (Wildman–Crippen LogP) is 3.51. The highest BCUT2D eigenvalue weighted by molar-refractivity contribution is 5.97. The zero-order valence-corrected chi connectivity index (χ0v) is 13.8. The quantitative estimate of drug-likeness (QED) is 0.800. The fourth-order valence-electron chi connectivity index (χ4n) is 2.87. The molecular formula is C20H20N2O2. The molecule has 0 saturated heterocycles. The second-order valence-electron chi connectivity index (χ2n) is 5.78. The minimum absolute atomic E-state index is 0.167. The average molecular weight is 320 g/mol. The largest absolute Gasteiger partial charge is 0.347 e. The summed E-state index contributed by atoms with van der Waals surface area (Å²) >= 11 is 0. The van der Waals surface area contributed by atoms with E-state index >= 15 is 0 Å². The van der Waals surface area contributed by atoms with E-state index in [1.54, 1.807) is 12.3 Å². The number of aromatic nitrogens is 1. The van der Waals surface area contributed by atoms with Crippen LogP contribution in [0.25, 0.3) is 10.9 Å². The van der Waals surface area contributed by atoms with Gasteiger partial charge >= 0.3 is 0 Å². The van der Waals surface area contributed by atoms with Crippen LogP contribution in [0.15, 0.2) is 65.6 Å². The van der Waals surface area contributed by atoms with Crippen LogP contribution in [-0.4, -0.2) is 10.5 Å². The third kappa shape index (κ3) is 2.95. The van der Waals surface area contributed by atoms with Gasteiger partial charge in [-0.2, -0.15) is 0 Å². The molecule has 3 aromatic rings. The van der Waals surface area contributed by atoms with Gasteiger partial charge in [-0.15, -0.1) is 0 Å². The second-order valence-corrected chi connectivity index (χ2v) is 5.78. The summed E-state index contributed by atoms with van der Waals surface area (Å²) < 4.78 is 1.93. The van der Waals surface area contributed by atoms with Crippen LogP contribution in [0.4, 0.5) is 0 Å². The summed E-state index contributed by atoms with van der Waals surface area (Å²) in [5.74, 6) is -0.343. The third-order valence-electron chi connectivity index (χ3n) is 4.22. The lowest BCUT2D eigenvalue weighted by Gasteiger charge is -2.16. The number of aryl methyl sites for hydroxylation is 1. The van der Waals surface area contributed by atoms with Crippen molar-refractivity contribution in [3.8, 4) is 0 Å². The van der Waals surface area contributed by atoms with Crippen molar-refractivity contribution in [2.75, 3.05) is 0 Å². The Bertz CT molecular complexity index is 929. The third-order valence-corrected chi connectivity index (χ3v) is 4.22. The van der Waals surface area contributed by atoms with E-state index in [1.165, 1.54) is 0 Å². The zero-order chi connectivity index (χ0) is 17.1. The number of amides is 1. The highest BCUT2D eigenvalue weighted by atomic mass is 16.2. The lowest BCUT2D eigenvalue weighted by Crippen LogP contribution is -2.31. The number of hydrogen-bond donors (Lipinski definition) is 1. The number of para-hydroxylation sites is 1. The highest BCUT2D eigenvalue weighted by Gasteiger charge is 2.17. The summed E-state index contributed by atoms with van der Waals surface area (Å²) in [5, 5.41) is 3.49. The Labute approximate surface area is 140 Å². The summed E-state index contributed by atoms with van der Waals surface area (Å²) in [6.07, 6.45) is 1.65. The van der Waals surface area contributed by atoms with E-state index in [1.807, 2.05) is 66.9 Å². The first-order valence-corrected chi connectivity index (χ1v) is 8.09. The van der Waals surface area contributed by atoms with Crippen molar-refractivity contribution in [1.29, 1.82) is 0 Å². The molecule has 0 unspecified atom stereocenters. The van der Waals surface area contributed by atoms with Crippen LogP contribution < -0.4 is 10.7 Å². The van der Waals surface area contributed by atoms with Crippen molar-refractivity contribution < 1.29 is 4.79 Å². The Morgan fingerprint density at radius 2 is 1.75 bits per heavy atom. The smallest absolute Gasteiger partial charge is 0.257 e. The molecule has 1 atom stereocenters. The summed E-state index contributed by atoms with van der Waals surface area (Å²) in [6, 6.07) is 16.9. The molecule has 0 radical (unpaired) electrons. The molecule has 0 aliphatic carbocycles. The van der Waals surface area contributed by atoms with Crippen LogP contribution in [0.1, 0.15) is 35.8 Å². The van der Waals surface area contributed by atoms with E-state index < -0.39 is 0 Å². The van der Waals surface area contributed by atoms with Crippen molar-refractivity contribution in [1.82, 2.24) is 9.88 Å². The Morgan fingerprint density at radius 1 is 1.08 bits per heavy atom. The van der Waals surface area contributed by atoms with Gasteiger partial charge in [0.15, 0.2) is 0 Å². The maximum absolute atomic E-state index is 12.7. The summed E-state index contributed by atoms with van der Waals surface area (Å²) in [6.45, 7) is 4.59. The molecule has 2 aromatic carbocycles. The molecule has 0 spiro atoms. The number of benzene rings is 2. The zero-order valence-electron chi connectivity index (χ0n) is 13.8. The minimum atomic E-state index is -0.343. The molecule has 0 fully saturated rings. The molecule has 0 aliphatic rings. The van der Waals surface area contributed by atoms with E-state index in [0.29, 0.717) is 11.9 Å². The van der Waals surface area contributed by atoms with E-state index in [4.69, 9.17) is 0 Å². The van der Waals surface area contributed by atoms with Crippen molar-refractivity contribution in [2.24, 2.45) is 0 Å². The molecule has 122 valence electrons. The topological polar surface area (TPSA) is 51.1 Å².